The van der Waals surface area contributed by atoms with E-state index >= 15 is 0 Å². The van der Waals surface area contributed by atoms with Crippen LogP contribution in [0.4, 0.5) is 0 Å². The number of aromatic nitrogens is 4. The van der Waals surface area contributed by atoms with Crippen molar-refractivity contribution in [2.75, 3.05) is 20.1 Å². The van der Waals surface area contributed by atoms with Crippen LogP contribution in [-0.4, -0.2) is 55.5 Å². The topological polar surface area (TPSA) is 79.8 Å². The summed E-state index contributed by atoms with van der Waals surface area (Å²) in [5, 5.41) is 10.1. The van der Waals surface area contributed by atoms with Crippen LogP contribution >= 0.6 is 11.3 Å². The molecule has 0 spiro atoms. The first-order chi connectivity index (χ1) is 15.6. The zero-order valence-corrected chi connectivity index (χ0v) is 19.1. The van der Waals surface area contributed by atoms with Crippen molar-refractivity contribution in [3.05, 3.63) is 70.2 Å². The lowest BCUT2D eigenvalue weighted by molar-refractivity contribution is 0.0788. The minimum Gasteiger partial charge on any atom is -0.340 e. The fourth-order valence-corrected chi connectivity index (χ4v) is 5.17. The number of imidazole rings is 1. The van der Waals surface area contributed by atoms with Gasteiger partial charge in [-0.15, -0.1) is 11.3 Å². The first-order valence-corrected chi connectivity index (χ1v) is 11.8. The van der Waals surface area contributed by atoms with Gasteiger partial charge in [0.25, 0.3) is 5.91 Å². The van der Waals surface area contributed by atoms with Crippen LogP contribution in [0.1, 0.15) is 52.0 Å². The van der Waals surface area contributed by atoms with Crippen molar-refractivity contribution in [3.8, 4) is 0 Å². The molecule has 1 saturated heterocycles. The van der Waals surface area contributed by atoms with Gasteiger partial charge in [-0.1, -0.05) is 40.6 Å². The lowest BCUT2D eigenvalue weighted by atomic mass is 10.1. The quantitative estimate of drug-likeness (QED) is 0.427. The third kappa shape index (κ3) is 3.93. The highest BCUT2D eigenvalue weighted by molar-refractivity contribution is 7.15. The zero-order valence-electron chi connectivity index (χ0n) is 18.3. The van der Waals surface area contributed by atoms with Crippen LogP contribution in [0.15, 0.2) is 46.5 Å². The fourth-order valence-electron chi connectivity index (χ4n) is 4.44. The van der Waals surface area contributed by atoms with Crippen molar-refractivity contribution in [3.63, 3.8) is 0 Å². The molecule has 0 aliphatic carbocycles. The molecule has 1 aliphatic rings. The van der Waals surface area contributed by atoms with Gasteiger partial charge in [-0.2, -0.15) is 0 Å². The standard InChI is InChI=1S/C23H26N6O2S/c1-16-20(26-31-25-16)18-9-6-11-28(18)15-19-21(24-23-29(19)13-14-32-23)22(30)27(2)12-10-17-7-4-3-5-8-17/h3-5,7-8,13-14,18H,6,9-12,15H2,1-2H3/t18-/m1/s1. The van der Waals surface area contributed by atoms with E-state index in [0.29, 0.717) is 18.8 Å². The van der Waals surface area contributed by atoms with Gasteiger partial charge in [-0.25, -0.2) is 9.61 Å². The van der Waals surface area contributed by atoms with E-state index < -0.39 is 0 Å². The first kappa shape index (κ1) is 20.8. The van der Waals surface area contributed by atoms with Gasteiger partial charge in [0.15, 0.2) is 10.7 Å². The number of likely N-dealkylation sites (tertiary alicyclic amines) is 1. The Morgan fingerprint density at radius 2 is 2.12 bits per heavy atom. The SMILES string of the molecule is Cc1nonc1[C@H]1CCCN1Cc1c(C(=O)N(C)CCc2ccccc2)nc2sccn12. The molecule has 0 radical (unpaired) electrons. The predicted octanol–water partition coefficient (Wildman–Crippen LogP) is 3.74. The number of nitrogens with zero attached hydrogens (tertiary/aromatic N) is 6. The summed E-state index contributed by atoms with van der Waals surface area (Å²) >= 11 is 1.55. The van der Waals surface area contributed by atoms with Crippen molar-refractivity contribution in [2.45, 2.75) is 38.8 Å². The number of likely N-dealkylation sites (N-methyl/N-ethyl adjacent to an activating group) is 1. The summed E-state index contributed by atoms with van der Waals surface area (Å²) in [6.45, 7) is 4.13. The number of amides is 1. The predicted molar refractivity (Wildman–Crippen MR) is 122 cm³/mol. The van der Waals surface area contributed by atoms with Crippen molar-refractivity contribution in [1.29, 1.82) is 0 Å². The Morgan fingerprint density at radius 1 is 1.28 bits per heavy atom. The lowest BCUT2D eigenvalue weighted by Crippen LogP contribution is -2.31. The molecular weight excluding hydrogens is 424 g/mol. The molecule has 1 aromatic carbocycles. The van der Waals surface area contributed by atoms with Crippen LogP contribution in [0.5, 0.6) is 0 Å². The van der Waals surface area contributed by atoms with Crippen LogP contribution < -0.4 is 0 Å². The molecule has 1 atom stereocenters. The van der Waals surface area contributed by atoms with Crippen molar-refractivity contribution < 1.29 is 9.42 Å². The fraction of sp³-hybridized carbons (Fsp3) is 0.391. The van der Waals surface area contributed by atoms with Gasteiger partial charge in [0, 0.05) is 31.7 Å². The third-order valence-electron chi connectivity index (χ3n) is 6.21. The highest BCUT2D eigenvalue weighted by atomic mass is 32.1. The number of hydrogen-bond acceptors (Lipinski definition) is 7. The Morgan fingerprint density at radius 3 is 2.91 bits per heavy atom. The van der Waals surface area contributed by atoms with Gasteiger partial charge < -0.3 is 4.90 Å². The molecule has 0 N–H and O–H groups in total. The molecule has 3 aromatic heterocycles. The number of carbonyl (C=O) groups excluding carboxylic acids is 1. The van der Waals surface area contributed by atoms with Crippen molar-refractivity contribution in [2.24, 2.45) is 0 Å². The van der Waals surface area contributed by atoms with E-state index in [9.17, 15) is 4.79 Å². The molecule has 5 rings (SSSR count). The molecule has 166 valence electrons. The van der Waals surface area contributed by atoms with Crippen LogP contribution in [0.3, 0.4) is 0 Å². The summed E-state index contributed by atoms with van der Waals surface area (Å²) in [4.78, 5) is 23.1. The zero-order chi connectivity index (χ0) is 22.1. The molecule has 1 fully saturated rings. The summed E-state index contributed by atoms with van der Waals surface area (Å²) in [7, 11) is 1.85. The number of aryl methyl sites for hydroxylation is 1. The Kier molecular flexibility index (Phi) is 5.75. The van der Waals surface area contributed by atoms with Crippen molar-refractivity contribution >= 4 is 22.2 Å². The molecule has 4 aromatic rings. The molecule has 0 saturated carbocycles. The average molecular weight is 451 g/mol. The molecular formula is C23H26N6O2S. The van der Waals surface area contributed by atoms with Crippen LogP contribution in [-0.2, 0) is 13.0 Å². The van der Waals surface area contributed by atoms with Gasteiger partial charge in [-0.05, 0) is 38.3 Å². The Hall–Kier alpha value is -3.04. The van der Waals surface area contributed by atoms with Crippen LogP contribution in [0.25, 0.3) is 4.96 Å². The van der Waals surface area contributed by atoms with E-state index in [0.717, 1.165) is 47.8 Å². The number of benzene rings is 1. The molecule has 1 aliphatic heterocycles. The Labute approximate surface area is 190 Å². The second-order valence-corrected chi connectivity index (χ2v) is 9.16. The molecule has 1 amide bonds. The molecule has 0 unspecified atom stereocenters. The molecule has 9 heteroatoms. The van der Waals surface area contributed by atoms with Gasteiger partial charge in [0.05, 0.1) is 11.7 Å². The molecule has 8 nitrogen and oxygen atoms in total. The van der Waals surface area contributed by atoms with E-state index in [1.54, 1.807) is 16.2 Å². The maximum atomic E-state index is 13.4. The number of carbonyl (C=O) groups is 1. The summed E-state index contributed by atoms with van der Waals surface area (Å²) < 4.78 is 7.00. The number of fused-ring (bicyclic) bond motifs is 1. The number of hydrogen-bond donors (Lipinski definition) is 0. The van der Waals surface area contributed by atoms with E-state index in [-0.39, 0.29) is 11.9 Å². The maximum Gasteiger partial charge on any atom is 0.274 e. The van der Waals surface area contributed by atoms with Crippen LogP contribution in [0, 0.1) is 6.92 Å². The van der Waals surface area contributed by atoms with Crippen molar-refractivity contribution in [1.82, 2.24) is 29.5 Å². The van der Waals surface area contributed by atoms with Gasteiger partial charge in [0.1, 0.15) is 11.4 Å². The lowest BCUT2D eigenvalue weighted by Gasteiger charge is -2.23. The largest absolute Gasteiger partial charge is 0.340 e. The van der Waals surface area contributed by atoms with Gasteiger partial charge >= 0.3 is 0 Å². The monoisotopic (exact) mass is 450 g/mol. The summed E-state index contributed by atoms with van der Waals surface area (Å²) in [5.41, 5.74) is 4.40. The third-order valence-corrected chi connectivity index (χ3v) is 6.97. The minimum absolute atomic E-state index is 0.0399. The molecule has 0 bridgehead atoms. The highest BCUT2D eigenvalue weighted by Gasteiger charge is 2.33. The van der Waals surface area contributed by atoms with Gasteiger partial charge in [0.2, 0.25) is 0 Å². The second kappa shape index (κ2) is 8.84. The Bertz CT molecular complexity index is 1210. The normalized spacial score (nSPS) is 16.8. The summed E-state index contributed by atoms with van der Waals surface area (Å²) in [6, 6.07) is 10.4. The molecule has 32 heavy (non-hydrogen) atoms. The van der Waals surface area contributed by atoms with E-state index in [2.05, 4.69) is 27.3 Å². The van der Waals surface area contributed by atoms with Crippen LogP contribution in [0.2, 0.25) is 0 Å². The smallest absolute Gasteiger partial charge is 0.274 e. The highest BCUT2D eigenvalue weighted by Crippen LogP contribution is 2.34. The summed E-state index contributed by atoms with van der Waals surface area (Å²) in [5.74, 6) is -0.0399. The van der Waals surface area contributed by atoms with E-state index in [1.807, 2.05) is 48.1 Å². The minimum atomic E-state index is -0.0399. The Balaban J connectivity index is 1.38. The number of rotatable bonds is 7. The maximum absolute atomic E-state index is 13.4. The van der Waals surface area contributed by atoms with E-state index in [4.69, 9.17) is 9.61 Å². The number of thiazole rings is 1. The second-order valence-electron chi connectivity index (χ2n) is 8.29. The summed E-state index contributed by atoms with van der Waals surface area (Å²) in [6.07, 6.45) is 4.88. The average Bonchev–Trinajstić information content (AvgIpc) is 3.58. The first-order valence-electron chi connectivity index (χ1n) is 10.9. The van der Waals surface area contributed by atoms with E-state index in [1.165, 1.54) is 5.56 Å². The van der Waals surface area contributed by atoms with Gasteiger partial charge in [-0.3, -0.25) is 14.1 Å². The molecule has 4 heterocycles.